The molecule has 1 rings (SSSR count). The van der Waals surface area contributed by atoms with Crippen LogP contribution in [-0.2, 0) is 16.0 Å². The Morgan fingerprint density at radius 3 is 2.83 bits per heavy atom. The molecular formula is C14H20BrNO2. The van der Waals surface area contributed by atoms with Gasteiger partial charge in [-0.05, 0) is 43.5 Å². The average Bonchev–Trinajstić information content (AvgIpc) is 2.37. The van der Waals surface area contributed by atoms with E-state index in [2.05, 4.69) is 28.2 Å². The van der Waals surface area contributed by atoms with Crippen LogP contribution in [0.3, 0.4) is 0 Å². The van der Waals surface area contributed by atoms with Gasteiger partial charge < -0.3 is 10.1 Å². The van der Waals surface area contributed by atoms with E-state index in [1.54, 1.807) is 7.11 Å². The van der Waals surface area contributed by atoms with Gasteiger partial charge in [0, 0.05) is 23.7 Å². The Morgan fingerprint density at radius 2 is 2.22 bits per heavy atom. The van der Waals surface area contributed by atoms with Gasteiger partial charge in [-0.2, -0.15) is 0 Å². The number of anilines is 1. The first kappa shape index (κ1) is 15.2. The number of methoxy groups -OCH3 is 1. The molecule has 0 fully saturated rings. The first-order valence-corrected chi connectivity index (χ1v) is 6.97. The molecular weight excluding hydrogens is 294 g/mol. The zero-order chi connectivity index (χ0) is 13.5. The maximum absolute atomic E-state index is 11.8. The van der Waals surface area contributed by atoms with Gasteiger partial charge in [0.15, 0.2) is 0 Å². The number of carbonyl (C=O) groups excluding carboxylic acids is 1. The summed E-state index contributed by atoms with van der Waals surface area (Å²) in [6, 6.07) is 5.90. The maximum Gasteiger partial charge on any atom is 0.224 e. The summed E-state index contributed by atoms with van der Waals surface area (Å²) in [7, 11) is 1.66. The molecule has 0 aromatic heterocycles. The molecule has 3 nitrogen and oxygen atoms in total. The fourth-order valence-electron chi connectivity index (χ4n) is 1.64. The van der Waals surface area contributed by atoms with Gasteiger partial charge in [0.2, 0.25) is 5.91 Å². The van der Waals surface area contributed by atoms with Gasteiger partial charge in [0.1, 0.15) is 0 Å². The lowest BCUT2D eigenvalue weighted by Gasteiger charge is -2.12. The summed E-state index contributed by atoms with van der Waals surface area (Å²) in [5.74, 6) is 0.0379. The van der Waals surface area contributed by atoms with Gasteiger partial charge in [0.25, 0.3) is 0 Å². The van der Waals surface area contributed by atoms with Crippen LogP contribution < -0.4 is 5.32 Å². The average molecular weight is 314 g/mol. The molecule has 1 N–H and O–H groups in total. The Balaban J connectivity index is 2.59. The third-order valence-corrected chi connectivity index (χ3v) is 3.40. The van der Waals surface area contributed by atoms with Gasteiger partial charge in [-0.25, -0.2) is 0 Å². The van der Waals surface area contributed by atoms with Crippen LogP contribution in [0.1, 0.15) is 32.3 Å². The predicted molar refractivity (Wildman–Crippen MR) is 77.9 cm³/mol. The summed E-state index contributed by atoms with van der Waals surface area (Å²) in [4.78, 5) is 11.8. The summed E-state index contributed by atoms with van der Waals surface area (Å²) < 4.78 is 6.16. The Kier molecular flexibility index (Phi) is 6.36. The predicted octanol–water partition coefficient (Wildman–Crippen LogP) is 3.77. The third kappa shape index (κ3) is 4.78. The van der Waals surface area contributed by atoms with Crippen molar-refractivity contribution in [3.8, 4) is 0 Å². The SMILES string of the molecule is CCc1cc(Br)ccc1NC(=O)CCC(C)OC. The lowest BCUT2D eigenvalue weighted by Crippen LogP contribution is -2.16. The Morgan fingerprint density at radius 1 is 1.50 bits per heavy atom. The van der Waals surface area contributed by atoms with Crippen LogP contribution in [-0.4, -0.2) is 19.1 Å². The number of nitrogens with one attached hydrogen (secondary N) is 1. The van der Waals surface area contributed by atoms with E-state index in [-0.39, 0.29) is 12.0 Å². The molecule has 0 aliphatic carbocycles. The highest BCUT2D eigenvalue weighted by atomic mass is 79.9. The monoisotopic (exact) mass is 313 g/mol. The highest BCUT2D eigenvalue weighted by Gasteiger charge is 2.08. The van der Waals surface area contributed by atoms with Crippen molar-refractivity contribution in [2.45, 2.75) is 39.2 Å². The van der Waals surface area contributed by atoms with Crippen molar-refractivity contribution in [2.24, 2.45) is 0 Å². The number of carbonyl (C=O) groups is 1. The number of benzene rings is 1. The van der Waals surface area contributed by atoms with Crippen LogP contribution in [0.2, 0.25) is 0 Å². The maximum atomic E-state index is 11.8. The Bertz CT molecular complexity index is 407. The van der Waals surface area contributed by atoms with Crippen molar-refractivity contribution in [2.75, 3.05) is 12.4 Å². The van der Waals surface area contributed by atoms with E-state index < -0.39 is 0 Å². The van der Waals surface area contributed by atoms with E-state index >= 15 is 0 Å². The van der Waals surface area contributed by atoms with E-state index in [0.29, 0.717) is 6.42 Å². The molecule has 0 spiro atoms. The smallest absolute Gasteiger partial charge is 0.224 e. The molecule has 0 radical (unpaired) electrons. The Labute approximate surface area is 117 Å². The van der Waals surface area contributed by atoms with E-state index in [0.717, 1.165) is 28.6 Å². The largest absolute Gasteiger partial charge is 0.382 e. The topological polar surface area (TPSA) is 38.3 Å². The number of ether oxygens (including phenoxy) is 1. The number of amides is 1. The van der Waals surface area contributed by atoms with Gasteiger partial charge in [-0.15, -0.1) is 0 Å². The lowest BCUT2D eigenvalue weighted by molar-refractivity contribution is -0.116. The van der Waals surface area contributed by atoms with Gasteiger partial charge in [0.05, 0.1) is 6.10 Å². The van der Waals surface area contributed by atoms with Crippen LogP contribution in [0.15, 0.2) is 22.7 Å². The van der Waals surface area contributed by atoms with Crippen molar-refractivity contribution in [1.29, 1.82) is 0 Å². The molecule has 1 atom stereocenters. The van der Waals surface area contributed by atoms with Gasteiger partial charge in [-0.1, -0.05) is 22.9 Å². The van der Waals surface area contributed by atoms with E-state index in [1.165, 1.54) is 0 Å². The zero-order valence-corrected chi connectivity index (χ0v) is 12.7. The second kappa shape index (κ2) is 7.54. The molecule has 0 aliphatic heterocycles. The van der Waals surface area contributed by atoms with Crippen LogP contribution in [0.25, 0.3) is 0 Å². The normalized spacial score (nSPS) is 12.2. The van der Waals surface area contributed by atoms with Crippen LogP contribution >= 0.6 is 15.9 Å². The molecule has 0 heterocycles. The molecule has 1 unspecified atom stereocenters. The minimum Gasteiger partial charge on any atom is -0.382 e. The second-order valence-corrected chi connectivity index (χ2v) is 5.20. The summed E-state index contributed by atoms with van der Waals surface area (Å²) >= 11 is 3.43. The van der Waals surface area contributed by atoms with E-state index in [9.17, 15) is 4.79 Å². The molecule has 0 bridgehead atoms. The van der Waals surface area contributed by atoms with Crippen molar-refractivity contribution >= 4 is 27.5 Å². The summed E-state index contributed by atoms with van der Waals surface area (Å²) in [5, 5.41) is 2.95. The van der Waals surface area contributed by atoms with Crippen LogP contribution in [0.5, 0.6) is 0 Å². The molecule has 1 amide bonds. The molecule has 0 aliphatic rings. The number of hydrogen-bond acceptors (Lipinski definition) is 2. The fourth-order valence-corrected chi connectivity index (χ4v) is 2.05. The third-order valence-electron chi connectivity index (χ3n) is 2.90. The summed E-state index contributed by atoms with van der Waals surface area (Å²) in [5.41, 5.74) is 2.04. The molecule has 1 aromatic carbocycles. The van der Waals surface area contributed by atoms with Gasteiger partial charge in [-0.3, -0.25) is 4.79 Å². The summed E-state index contributed by atoms with van der Waals surface area (Å²) in [6.45, 7) is 4.04. The zero-order valence-electron chi connectivity index (χ0n) is 11.1. The Hall–Kier alpha value is -0.870. The first-order valence-electron chi connectivity index (χ1n) is 6.17. The molecule has 0 saturated heterocycles. The van der Waals surface area contributed by atoms with Crippen molar-refractivity contribution < 1.29 is 9.53 Å². The highest BCUT2D eigenvalue weighted by molar-refractivity contribution is 9.10. The molecule has 1 aromatic rings. The number of hydrogen-bond donors (Lipinski definition) is 1. The second-order valence-electron chi connectivity index (χ2n) is 4.29. The van der Waals surface area contributed by atoms with Crippen molar-refractivity contribution in [3.05, 3.63) is 28.2 Å². The van der Waals surface area contributed by atoms with E-state index in [1.807, 2.05) is 25.1 Å². The van der Waals surface area contributed by atoms with Crippen LogP contribution in [0.4, 0.5) is 5.69 Å². The fraction of sp³-hybridized carbons (Fsp3) is 0.500. The molecule has 4 heteroatoms. The highest BCUT2D eigenvalue weighted by Crippen LogP contribution is 2.21. The van der Waals surface area contributed by atoms with Crippen molar-refractivity contribution in [3.63, 3.8) is 0 Å². The minimum absolute atomic E-state index is 0.0379. The summed E-state index contributed by atoms with van der Waals surface area (Å²) in [6.07, 6.45) is 2.23. The number of rotatable bonds is 6. The van der Waals surface area contributed by atoms with E-state index in [4.69, 9.17) is 4.74 Å². The molecule has 0 saturated carbocycles. The molecule has 18 heavy (non-hydrogen) atoms. The van der Waals surface area contributed by atoms with Crippen LogP contribution in [0, 0.1) is 0 Å². The first-order chi connectivity index (χ1) is 8.56. The standard InChI is InChI=1S/C14H20BrNO2/c1-4-11-9-12(15)6-7-13(11)16-14(17)8-5-10(2)18-3/h6-7,9-10H,4-5,8H2,1-3H3,(H,16,17). The van der Waals surface area contributed by atoms with Crippen molar-refractivity contribution in [1.82, 2.24) is 0 Å². The quantitative estimate of drug-likeness (QED) is 0.868. The number of aryl methyl sites for hydroxylation is 1. The lowest BCUT2D eigenvalue weighted by atomic mass is 10.1. The molecule has 100 valence electrons. The van der Waals surface area contributed by atoms with Gasteiger partial charge >= 0.3 is 0 Å². The number of halogens is 1. The minimum atomic E-state index is 0.0379.